The molecule has 0 heterocycles. The number of nitrogens with one attached hydrogen (secondary N) is 1. The van der Waals surface area contributed by atoms with Gasteiger partial charge in [0.2, 0.25) is 0 Å². The van der Waals surface area contributed by atoms with Crippen LogP contribution in [-0.4, -0.2) is 16.8 Å². The highest BCUT2D eigenvalue weighted by molar-refractivity contribution is 7.99. The average molecular weight is 214 g/mol. The van der Waals surface area contributed by atoms with E-state index in [1.54, 1.807) is 0 Å². The molecule has 0 aliphatic heterocycles. The van der Waals surface area contributed by atoms with Crippen LogP contribution in [-0.2, 0) is 0 Å². The van der Waals surface area contributed by atoms with Crippen molar-refractivity contribution in [3.05, 3.63) is 0 Å². The predicted octanol–water partition coefficient (Wildman–Crippen LogP) is 3.16. The van der Waals surface area contributed by atoms with E-state index in [4.69, 9.17) is 11.1 Å². The molecular formula is C11H22N2S. The fourth-order valence-corrected chi connectivity index (χ4v) is 3.27. The van der Waals surface area contributed by atoms with Gasteiger partial charge in [0.05, 0.1) is 5.84 Å². The fraction of sp³-hybridized carbons (Fsp3) is 0.909. The van der Waals surface area contributed by atoms with E-state index in [9.17, 15) is 0 Å². The number of hydrogen-bond donors (Lipinski definition) is 2. The van der Waals surface area contributed by atoms with Gasteiger partial charge in [-0.1, -0.05) is 19.3 Å². The molecule has 2 nitrogen and oxygen atoms in total. The van der Waals surface area contributed by atoms with Crippen LogP contribution in [0.4, 0.5) is 0 Å². The Hall–Kier alpha value is -0.180. The lowest BCUT2D eigenvalue weighted by molar-refractivity contribution is 0.516. The van der Waals surface area contributed by atoms with Crippen LogP contribution in [0.1, 0.15) is 51.4 Å². The molecule has 0 amide bonds. The number of unbranched alkanes of at least 4 members (excludes halogenated alkanes) is 1. The normalized spacial score (nSPS) is 18.3. The molecule has 3 N–H and O–H groups in total. The van der Waals surface area contributed by atoms with Crippen LogP contribution in [0, 0.1) is 5.41 Å². The summed E-state index contributed by atoms with van der Waals surface area (Å²) in [6.45, 7) is 0. The van der Waals surface area contributed by atoms with Gasteiger partial charge in [-0.3, -0.25) is 5.41 Å². The molecule has 1 aliphatic rings. The summed E-state index contributed by atoms with van der Waals surface area (Å²) in [5.74, 6) is 1.60. The van der Waals surface area contributed by atoms with Crippen molar-refractivity contribution in [1.29, 1.82) is 5.41 Å². The Morgan fingerprint density at radius 3 is 2.57 bits per heavy atom. The molecule has 1 saturated carbocycles. The van der Waals surface area contributed by atoms with Crippen molar-refractivity contribution < 1.29 is 0 Å². The third-order valence-corrected chi connectivity index (χ3v) is 4.21. The lowest BCUT2D eigenvalue weighted by Crippen LogP contribution is -2.10. The standard InChI is InChI=1S/C11H22N2S/c12-11(13)8-4-5-9-14-10-6-2-1-3-7-10/h10H,1-9H2,(H3,12,13). The molecule has 0 aromatic carbocycles. The summed E-state index contributed by atoms with van der Waals surface area (Å²) in [4.78, 5) is 0. The van der Waals surface area contributed by atoms with Gasteiger partial charge in [0.1, 0.15) is 0 Å². The third kappa shape index (κ3) is 5.53. The summed E-state index contributed by atoms with van der Waals surface area (Å²) in [7, 11) is 0. The summed E-state index contributed by atoms with van der Waals surface area (Å²) in [5, 5.41) is 8.03. The zero-order chi connectivity index (χ0) is 10.2. The van der Waals surface area contributed by atoms with Crippen LogP contribution in [0.5, 0.6) is 0 Å². The van der Waals surface area contributed by atoms with E-state index in [2.05, 4.69) is 11.8 Å². The number of nitrogens with two attached hydrogens (primary N) is 1. The smallest absolute Gasteiger partial charge is 0.0905 e. The molecular weight excluding hydrogens is 192 g/mol. The summed E-state index contributed by atoms with van der Waals surface area (Å²) >= 11 is 2.14. The average Bonchev–Trinajstić information content (AvgIpc) is 2.18. The van der Waals surface area contributed by atoms with E-state index in [1.807, 2.05) is 0 Å². The topological polar surface area (TPSA) is 49.9 Å². The molecule has 1 aliphatic carbocycles. The molecule has 82 valence electrons. The van der Waals surface area contributed by atoms with Crippen LogP contribution in [0.25, 0.3) is 0 Å². The van der Waals surface area contributed by atoms with Crippen molar-refractivity contribution >= 4 is 17.6 Å². The fourth-order valence-electron chi connectivity index (χ4n) is 1.90. The first-order valence-corrected chi connectivity index (χ1v) is 6.78. The van der Waals surface area contributed by atoms with Crippen LogP contribution in [0.15, 0.2) is 0 Å². The van der Waals surface area contributed by atoms with Gasteiger partial charge in [-0.25, -0.2) is 0 Å². The Kier molecular flexibility index (Phi) is 6.08. The Labute approximate surface area is 91.5 Å². The Bertz CT molecular complexity index is 165. The SMILES string of the molecule is N=C(N)CCCCSC1CCCCC1. The van der Waals surface area contributed by atoms with E-state index >= 15 is 0 Å². The highest BCUT2D eigenvalue weighted by Gasteiger charge is 2.12. The van der Waals surface area contributed by atoms with E-state index < -0.39 is 0 Å². The molecule has 0 saturated heterocycles. The third-order valence-electron chi connectivity index (χ3n) is 2.75. The largest absolute Gasteiger partial charge is 0.388 e. The second-order valence-electron chi connectivity index (χ2n) is 4.11. The minimum Gasteiger partial charge on any atom is -0.388 e. The van der Waals surface area contributed by atoms with Gasteiger partial charge in [0, 0.05) is 11.7 Å². The van der Waals surface area contributed by atoms with Crippen molar-refractivity contribution in [2.75, 3.05) is 5.75 Å². The van der Waals surface area contributed by atoms with Gasteiger partial charge in [0.25, 0.3) is 0 Å². The molecule has 1 fully saturated rings. The number of thioether (sulfide) groups is 1. The molecule has 0 atom stereocenters. The zero-order valence-electron chi connectivity index (χ0n) is 8.93. The monoisotopic (exact) mass is 214 g/mol. The van der Waals surface area contributed by atoms with Gasteiger partial charge in [0.15, 0.2) is 0 Å². The zero-order valence-corrected chi connectivity index (χ0v) is 9.74. The van der Waals surface area contributed by atoms with Crippen molar-refractivity contribution in [2.45, 2.75) is 56.6 Å². The maximum atomic E-state index is 7.10. The first kappa shape index (κ1) is 11.9. The maximum absolute atomic E-state index is 7.10. The number of hydrogen-bond acceptors (Lipinski definition) is 2. The lowest BCUT2D eigenvalue weighted by Gasteiger charge is -2.20. The first-order valence-electron chi connectivity index (χ1n) is 5.73. The van der Waals surface area contributed by atoms with Crippen LogP contribution < -0.4 is 5.73 Å². The van der Waals surface area contributed by atoms with Crippen LogP contribution in [0.3, 0.4) is 0 Å². The van der Waals surface area contributed by atoms with Crippen LogP contribution >= 0.6 is 11.8 Å². The van der Waals surface area contributed by atoms with Gasteiger partial charge in [-0.2, -0.15) is 11.8 Å². The summed E-state index contributed by atoms with van der Waals surface area (Å²) in [6.07, 6.45) is 10.3. The Morgan fingerprint density at radius 1 is 1.21 bits per heavy atom. The van der Waals surface area contributed by atoms with E-state index in [1.165, 1.54) is 44.3 Å². The van der Waals surface area contributed by atoms with Crippen LogP contribution in [0.2, 0.25) is 0 Å². The van der Waals surface area contributed by atoms with Crippen molar-refractivity contribution in [2.24, 2.45) is 5.73 Å². The van der Waals surface area contributed by atoms with Gasteiger partial charge in [-0.15, -0.1) is 0 Å². The molecule has 0 spiro atoms. The number of rotatable bonds is 6. The quantitative estimate of drug-likeness (QED) is 0.405. The highest BCUT2D eigenvalue weighted by atomic mass is 32.2. The molecule has 3 heteroatoms. The van der Waals surface area contributed by atoms with E-state index in [0.717, 1.165) is 18.1 Å². The van der Waals surface area contributed by atoms with E-state index in [0.29, 0.717) is 5.84 Å². The van der Waals surface area contributed by atoms with Crippen molar-refractivity contribution in [3.63, 3.8) is 0 Å². The summed E-state index contributed by atoms with van der Waals surface area (Å²) < 4.78 is 0. The first-order chi connectivity index (χ1) is 6.79. The lowest BCUT2D eigenvalue weighted by atomic mass is 10.0. The summed E-state index contributed by atoms with van der Waals surface area (Å²) in [6, 6.07) is 0. The molecule has 0 bridgehead atoms. The molecule has 0 aromatic rings. The predicted molar refractivity (Wildman–Crippen MR) is 65.1 cm³/mol. The Balaban J connectivity index is 1.90. The minimum atomic E-state index is 0.340. The number of amidine groups is 1. The van der Waals surface area contributed by atoms with Gasteiger partial charge in [-0.05, 0) is 31.4 Å². The van der Waals surface area contributed by atoms with E-state index in [-0.39, 0.29) is 0 Å². The molecule has 14 heavy (non-hydrogen) atoms. The molecule has 1 rings (SSSR count). The second kappa shape index (κ2) is 7.16. The Morgan fingerprint density at radius 2 is 1.93 bits per heavy atom. The van der Waals surface area contributed by atoms with Gasteiger partial charge < -0.3 is 5.73 Å². The van der Waals surface area contributed by atoms with Gasteiger partial charge >= 0.3 is 0 Å². The highest BCUT2D eigenvalue weighted by Crippen LogP contribution is 2.28. The van der Waals surface area contributed by atoms with Crippen molar-refractivity contribution in [3.8, 4) is 0 Å². The minimum absolute atomic E-state index is 0.340. The molecule has 0 unspecified atom stereocenters. The van der Waals surface area contributed by atoms with Crippen molar-refractivity contribution in [1.82, 2.24) is 0 Å². The molecule has 0 aromatic heterocycles. The summed E-state index contributed by atoms with van der Waals surface area (Å²) in [5.41, 5.74) is 5.29. The molecule has 0 radical (unpaired) electrons. The second-order valence-corrected chi connectivity index (χ2v) is 5.52. The maximum Gasteiger partial charge on any atom is 0.0905 e.